The lowest BCUT2D eigenvalue weighted by atomic mass is 10.0. The Balaban J connectivity index is 1.94. The van der Waals surface area contributed by atoms with Gasteiger partial charge in [0.25, 0.3) is 5.78 Å². The zero-order valence-electron chi connectivity index (χ0n) is 14.5. The van der Waals surface area contributed by atoms with Crippen molar-refractivity contribution in [3.8, 4) is 11.1 Å². The van der Waals surface area contributed by atoms with Crippen molar-refractivity contribution < 1.29 is 13.2 Å². The molecule has 0 bridgehead atoms. The zero-order valence-corrected chi connectivity index (χ0v) is 15.3. The second-order valence-corrected chi connectivity index (χ2v) is 6.48. The van der Waals surface area contributed by atoms with E-state index in [0.717, 1.165) is 5.56 Å². The number of hydrogen-bond acceptors (Lipinski definition) is 4. The van der Waals surface area contributed by atoms with E-state index in [0.29, 0.717) is 12.1 Å². The third kappa shape index (κ3) is 3.16. The molecule has 5 nitrogen and oxygen atoms in total. The molecule has 0 amide bonds. The van der Waals surface area contributed by atoms with Gasteiger partial charge in [0.05, 0.1) is 11.1 Å². The summed E-state index contributed by atoms with van der Waals surface area (Å²) in [6.45, 7) is 1.87. The standard InChI is InChI=1S/C19H13ClF3N5/c1-10(11-5-3-2-4-6-11)26-18-16(15-13(22)7-12(21)8-14(15)23)17(20)27-19-24-9-25-28(18)19/h2-10,26H,1H3. The molecule has 0 radical (unpaired) electrons. The van der Waals surface area contributed by atoms with E-state index in [1.165, 1.54) is 10.8 Å². The van der Waals surface area contributed by atoms with Crippen LogP contribution in [0.15, 0.2) is 48.8 Å². The lowest BCUT2D eigenvalue weighted by molar-refractivity contribution is 0.548. The van der Waals surface area contributed by atoms with Gasteiger partial charge in [0.15, 0.2) is 0 Å². The van der Waals surface area contributed by atoms with E-state index in [9.17, 15) is 13.2 Å². The zero-order chi connectivity index (χ0) is 19.8. The minimum atomic E-state index is -1.10. The number of anilines is 1. The first-order valence-electron chi connectivity index (χ1n) is 8.31. The first-order chi connectivity index (χ1) is 13.5. The number of fused-ring (bicyclic) bond motifs is 1. The molecule has 28 heavy (non-hydrogen) atoms. The van der Waals surface area contributed by atoms with Crippen molar-refractivity contribution in [2.75, 3.05) is 5.32 Å². The van der Waals surface area contributed by atoms with Crippen LogP contribution in [-0.2, 0) is 0 Å². The fraction of sp³-hybridized carbons (Fsp3) is 0.105. The summed E-state index contributed by atoms with van der Waals surface area (Å²) in [6.07, 6.45) is 1.25. The van der Waals surface area contributed by atoms with Crippen LogP contribution >= 0.6 is 11.6 Å². The van der Waals surface area contributed by atoms with Crippen molar-refractivity contribution in [1.29, 1.82) is 0 Å². The third-order valence-corrected chi connectivity index (χ3v) is 4.57. The van der Waals surface area contributed by atoms with Gasteiger partial charge in [-0.05, 0) is 12.5 Å². The first kappa shape index (κ1) is 18.2. The highest BCUT2D eigenvalue weighted by Gasteiger charge is 2.25. The van der Waals surface area contributed by atoms with Crippen LogP contribution in [0.4, 0.5) is 19.0 Å². The number of nitrogens with zero attached hydrogens (tertiary/aromatic N) is 4. The maximum atomic E-state index is 14.5. The maximum Gasteiger partial charge on any atom is 0.255 e. The van der Waals surface area contributed by atoms with E-state index in [4.69, 9.17) is 11.6 Å². The van der Waals surface area contributed by atoms with Crippen LogP contribution in [0.5, 0.6) is 0 Å². The van der Waals surface area contributed by atoms with E-state index in [1.807, 2.05) is 37.3 Å². The summed E-state index contributed by atoms with van der Waals surface area (Å²) in [7, 11) is 0. The molecule has 2 aromatic heterocycles. The van der Waals surface area contributed by atoms with Gasteiger partial charge in [-0.3, -0.25) is 0 Å². The molecule has 1 N–H and O–H groups in total. The Kier molecular flexibility index (Phi) is 4.64. The molecule has 9 heteroatoms. The van der Waals surface area contributed by atoms with Crippen LogP contribution in [0.2, 0.25) is 5.15 Å². The van der Waals surface area contributed by atoms with Crippen molar-refractivity contribution in [3.63, 3.8) is 0 Å². The molecule has 4 rings (SSSR count). The molecule has 1 unspecified atom stereocenters. The Morgan fingerprint density at radius 3 is 2.39 bits per heavy atom. The molecule has 0 saturated heterocycles. The number of aromatic nitrogens is 4. The van der Waals surface area contributed by atoms with E-state index < -0.39 is 23.0 Å². The van der Waals surface area contributed by atoms with Crippen LogP contribution in [0.25, 0.3) is 16.9 Å². The van der Waals surface area contributed by atoms with Crippen LogP contribution in [0.3, 0.4) is 0 Å². The van der Waals surface area contributed by atoms with Gasteiger partial charge in [-0.25, -0.2) is 13.2 Å². The second kappa shape index (κ2) is 7.12. The highest BCUT2D eigenvalue weighted by atomic mass is 35.5. The molecule has 2 aromatic carbocycles. The summed E-state index contributed by atoms with van der Waals surface area (Å²) in [4.78, 5) is 8.03. The van der Waals surface area contributed by atoms with E-state index in [-0.39, 0.29) is 28.4 Å². The van der Waals surface area contributed by atoms with Crippen molar-refractivity contribution in [2.45, 2.75) is 13.0 Å². The smallest absolute Gasteiger partial charge is 0.255 e. The number of rotatable bonds is 4. The molecule has 4 aromatic rings. The average Bonchev–Trinajstić information content (AvgIpc) is 3.12. The van der Waals surface area contributed by atoms with E-state index in [1.54, 1.807) is 0 Å². The van der Waals surface area contributed by atoms with Gasteiger partial charge in [-0.1, -0.05) is 41.9 Å². The lowest BCUT2D eigenvalue weighted by Gasteiger charge is -2.20. The largest absolute Gasteiger partial charge is 0.363 e. The Hall–Kier alpha value is -3.13. The van der Waals surface area contributed by atoms with Gasteiger partial charge in [0, 0.05) is 18.2 Å². The summed E-state index contributed by atoms with van der Waals surface area (Å²) in [5.74, 6) is -2.89. The summed E-state index contributed by atoms with van der Waals surface area (Å²) in [5, 5.41) is 7.06. The molecule has 0 aliphatic heterocycles. The van der Waals surface area contributed by atoms with Crippen molar-refractivity contribution in [2.24, 2.45) is 0 Å². The van der Waals surface area contributed by atoms with Gasteiger partial charge >= 0.3 is 0 Å². The van der Waals surface area contributed by atoms with E-state index >= 15 is 0 Å². The summed E-state index contributed by atoms with van der Waals surface area (Å²) in [6, 6.07) is 10.3. The predicted octanol–water partition coefficient (Wildman–Crippen LogP) is 5.04. The lowest BCUT2D eigenvalue weighted by Crippen LogP contribution is -2.13. The quantitative estimate of drug-likeness (QED) is 0.485. The summed E-state index contributed by atoms with van der Waals surface area (Å²) in [5.41, 5.74) is 0.353. The molecule has 0 aliphatic rings. The van der Waals surface area contributed by atoms with Crippen molar-refractivity contribution in [3.05, 3.63) is 77.0 Å². The summed E-state index contributed by atoms with van der Waals surface area (Å²) < 4.78 is 43.7. The monoisotopic (exact) mass is 403 g/mol. The first-order valence-corrected chi connectivity index (χ1v) is 8.69. The van der Waals surface area contributed by atoms with Crippen LogP contribution in [-0.4, -0.2) is 19.6 Å². The van der Waals surface area contributed by atoms with Crippen LogP contribution < -0.4 is 5.32 Å². The van der Waals surface area contributed by atoms with Gasteiger partial charge in [-0.15, -0.1) is 0 Å². The molecule has 1 atom stereocenters. The van der Waals surface area contributed by atoms with Gasteiger partial charge < -0.3 is 5.32 Å². The number of hydrogen-bond donors (Lipinski definition) is 1. The van der Waals surface area contributed by atoms with E-state index in [2.05, 4.69) is 20.4 Å². The minimum Gasteiger partial charge on any atom is -0.363 e. The van der Waals surface area contributed by atoms with Gasteiger partial charge in [0.1, 0.15) is 34.7 Å². The van der Waals surface area contributed by atoms with Crippen molar-refractivity contribution in [1.82, 2.24) is 19.6 Å². The molecular weight excluding hydrogens is 391 g/mol. The third-order valence-electron chi connectivity index (χ3n) is 4.29. The Labute approximate surface area is 162 Å². The highest BCUT2D eigenvalue weighted by Crippen LogP contribution is 2.38. The average molecular weight is 404 g/mol. The molecule has 0 spiro atoms. The van der Waals surface area contributed by atoms with Gasteiger partial charge in [-0.2, -0.15) is 19.6 Å². The molecular formula is C19H13ClF3N5. The predicted molar refractivity (Wildman–Crippen MR) is 99.6 cm³/mol. The summed E-state index contributed by atoms with van der Waals surface area (Å²) >= 11 is 6.25. The maximum absolute atomic E-state index is 14.5. The number of nitrogens with one attached hydrogen (secondary N) is 1. The van der Waals surface area contributed by atoms with Crippen LogP contribution in [0.1, 0.15) is 18.5 Å². The molecule has 0 saturated carbocycles. The minimum absolute atomic E-state index is 0.0718. The molecule has 0 fully saturated rings. The fourth-order valence-electron chi connectivity index (χ4n) is 2.98. The number of benzene rings is 2. The van der Waals surface area contributed by atoms with Gasteiger partial charge in [0.2, 0.25) is 0 Å². The Bertz CT molecular complexity index is 1140. The Morgan fingerprint density at radius 1 is 1.04 bits per heavy atom. The normalized spacial score (nSPS) is 12.3. The fourth-order valence-corrected chi connectivity index (χ4v) is 3.24. The second-order valence-electron chi connectivity index (χ2n) is 6.12. The topological polar surface area (TPSA) is 55.1 Å². The Morgan fingerprint density at radius 2 is 1.71 bits per heavy atom. The molecule has 0 aliphatic carbocycles. The highest BCUT2D eigenvalue weighted by molar-refractivity contribution is 6.33. The van der Waals surface area contributed by atoms with Crippen LogP contribution in [0, 0.1) is 17.5 Å². The SMILES string of the molecule is CC(Nc1c(-c2c(F)cc(F)cc2F)c(Cl)nc2ncnn12)c1ccccc1. The number of halogens is 4. The molecule has 2 heterocycles. The molecule has 142 valence electrons. The van der Waals surface area contributed by atoms with Crippen molar-refractivity contribution >= 4 is 23.2 Å².